The smallest absolute Gasteiger partial charge is 0.338 e. The second-order valence-corrected chi connectivity index (χ2v) is 9.29. The SMILES string of the molecule is Cc1c(C2CN(Cc3cnn(-c4cc(C5CC5)c(C#N)cn4)c3)CCO2)ccc2c1COC2=O. The molecule has 4 heterocycles. The highest BCUT2D eigenvalue weighted by Gasteiger charge is 2.29. The van der Waals surface area contributed by atoms with Crippen LogP contribution >= 0.6 is 0 Å². The molecule has 1 saturated carbocycles. The summed E-state index contributed by atoms with van der Waals surface area (Å²) in [7, 11) is 0. The Morgan fingerprint density at radius 3 is 2.94 bits per heavy atom. The number of carbonyl (C=O) groups excluding carboxylic acids is 1. The van der Waals surface area contributed by atoms with Gasteiger partial charge < -0.3 is 9.47 Å². The summed E-state index contributed by atoms with van der Waals surface area (Å²) < 4.78 is 13.1. The second kappa shape index (κ2) is 8.35. The zero-order chi connectivity index (χ0) is 23.2. The van der Waals surface area contributed by atoms with E-state index in [1.165, 1.54) is 0 Å². The Balaban J connectivity index is 1.17. The summed E-state index contributed by atoms with van der Waals surface area (Å²) in [6.07, 6.45) is 7.77. The number of cyclic esters (lactones) is 1. The Hall–Kier alpha value is -3.54. The van der Waals surface area contributed by atoms with Crippen LogP contribution in [0, 0.1) is 18.3 Å². The van der Waals surface area contributed by atoms with Crippen molar-refractivity contribution in [1.82, 2.24) is 19.7 Å². The fourth-order valence-corrected chi connectivity index (χ4v) is 4.99. The van der Waals surface area contributed by atoms with Gasteiger partial charge in [-0.2, -0.15) is 10.4 Å². The molecule has 1 unspecified atom stereocenters. The van der Waals surface area contributed by atoms with Gasteiger partial charge in [0.05, 0.1) is 30.0 Å². The molecular weight excluding hydrogens is 430 g/mol. The highest BCUT2D eigenvalue weighted by molar-refractivity contribution is 5.93. The highest BCUT2D eigenvalue weighted by atomic mass is 16.5. The summed E-state index contributed by atoms with van der Waals surface area (Å²) in [5, 5.41) is 13.9. The number of hydrogen-bond donors (Lipinski definition) is 0. The molecule has 1 aliphatic carbocycles. The van der Waals surface area contributed by atoms with Gasteiger partial charge in [-0.05, 0) is 54.5 Å². The third-order valence-electron chi connectivity index (χ3n) is 7.04. The van der Waals surface area contributed by atoms with Gasteiger partial charge in [0.1, 0.15) is 12.7 Å². The fraction of sp³-hybridized carbons (Fsp3) is 0.385. The van der Waals surface area contributed by atoms with Crippen LogP contribution in [0.2, 0.25) is 0 Å². The molecule has 8 nitrogen and oxygen atoms in total. The first-order chi connectivity index (χ1) is 16.6. The maximum atomic E-state index is 11.9. The number of fused-ring (bicyclic) bond motifs is 1. The van der Waals surface area contributed by atoms with Gasteiger partial charge in [0.2, 0.25) is 0 Å². The van der Waals surface area contributed by atoms with Crippen molar-refractivity contribution in [3.63, 3.8) is 0 Å². The van der Waals surface area contributed by atoms with Crippen LogP contribution in [0.5, 0.6) is 0 Å². The lowest BCUT2D eigenvalue weighted by Gasteiger charge is -2.33. The third-order valence-corrected chi connectivity index (χ3v) is 7.04. The molecular formula is C26H25N5O3. The monoisotopic (exact) mass is 455 g/mol. The summed E-state index contributed by atoms with van der Waals surface area (Å²) in [6.45, 7) is 5.40. The van der Waals surface area contributed by atoms with Crippen LogP contribution in [0.25, 0.3) is 5.82 Å². The van der Waals surface area contributed by atoms with Crippen molar-refractivity contribution in [2.24, 2.45) is 0 Å². The van der Waals surface area contributed by atoms with Gasteiger partial charge in [-0.3, -0.25) is 4.90 Å². The van der Waals surface area contributed by atoms with E-state index >= 15 is 0 Å². The first-order valence-corrected chi connectivity index (χ1v) is 11.7. The number of carbonyl (C=O) groups is 1. The molecule has 2 fully saturated rings. The van der Waals surface area contributed by atoms with E-state index < -0.39 is 0 Å². The van der Waals surface area contributed by atoms with Gasteiger partial charge in [-0.1, -0.05) is 6.07 Å². The first kappa shape index (κ1) is 21.0. The molecule has 0 N–H and O–H groups in total. The Kier molecular flexibility index (Phi) is 5.16. The van der Waals surface area contributed by atoms with Crippen LogP contribution in [0.1, 0.15) is 68.6 Å². The second-order valence-electron chi connectivity index (χ2n) is 9.29. The molecule has 6 rings (SSSR count). The topological polar surface area (TPSA) is 93.3 Å². The minimum atomic E-state index is -0.242. The quantitative estimate of drug-likeness (QED) is 0.543. The van der Waals surface area contributed by atoms with Crippen LogP contribution in [-0.2, 0) is 22.6 Å². The third kappa shape index (κ3) is 3.77. The number of esters is 1. The summed E-state index contributed by atoms with van der Waals surface area (Å²) >= 11 is 0. The van der Waals surface area contributed by atoms with E-state index in [-0.39, 0.29) is 12.1 Å². The van der Waals surface area contributed by atoms with E-state index in [9.17, 15) is 10.1 Å². The fourth-order valence-electron chi connectivity index (χ4n) is 4.99. The summed E-state index contributed by atoms with van der Waals surface area (Å²) in [5.74, 6) is 0.982. The lowest BCUT2D eigenvalue weighted by Crippen LogP contribution is -2.38. The minimum Gasteiger partial charge on any atom is -0.457 e. The van der Waals surface area contributed by atoms with Crippen molar-refractivity contribution in [3.05, 3.63) is 75.7 Å². The van der Waals surface area contributed by atoms with Crippen molar-refractivity contribution in [2.75, 3.05) is 19.7 Å². The van der Waals surface area contributed by atoms with Gasteiger partial charge in [-0.25, -0.2) is 14.5 Å². The molecule has 2 aromatic heterocycles. The Morgan fingerprint density at radius 2 is 2.12 bits per heavy atom. The average molecular weight is 456 g/mol. The Morgan fingerprint density at radius 1 is 1.24 bits per heavy atom. The predicted molar refractivity (Wildman–Crippen MR) is 122 cm³/mol. The minimum absolute atomic E-state index is 0.0499. The molecule has 0 bridgehead atoms. The lowest BCUT2D eigenvalue weighted by molar-refractivity contribution is -0.0332. The zero-order valence-corrected chi connectivity index (χ0v) is 19.0. The molecule has 0 radical (unpaired) electrons. The molecule has 0 spiro atoms. The van der Waals surface area contributed by atoms with Gasteiger partial charge in [0.25, 0.3) is 0 Å². The number of aromatic nitrogens is 3. The maximum absolute atomic E-state index is 11.9. The Labute approximate surface area is 197 Å². The molecule has 1 saturated heterocycles. The number of pyridine rings is 1. The number of ether oxygens (including phenoxy) is 2. The van der Waals surface area contributed by atoms with Gasteiger partial charge in [0.15, 0.2) is 5.82 Å². The van der Waals surface area contributed by atoms with Crippen LogP contribution in [0.3, 0.4) is 0 Å². The number of nitrogens with zero attached hydrogens (tertiary/aromatic N) is 5. The lowest BCUT2D eigenvalue weighted by atomic mass is 9.94. The molecule has 3 aromatic rings. The van der Waals surface area contributed by atoms with Crippen molar-refractivity contribution in [2.45, 2.75) is 44.9 Å². The Bertz CT molecular complexity index is 1320. The molecule has 8 heteroatoms. The molecule has 34 heavy (non-hydrogen) atoms. The summed E-state index contributed by atoms with van der Waals surface area (Å²) in [6, 6.07) is 8.12. The number of morpholine rings is 1. The van der Waals surface area contributed by atoms with Crippen molar-refractivity contribution >= 4 is 5.97 Å². The van der Waals surface area contributed by atoms with E-state index in [0.29, 0.717) is 30.3 Å². The average Bonchev–Trinajstić information content (AvgIpc) is 3.49. The van der Waals surface area contributed by atoms with E-state index in [1.807, 2.05) is 37.5 Å². The standard InChI is InChI=1S/C26H25N5O3/c1-16-20(4-5-21-23(16)15-34-26(21)32)24-14-30(6-7-33-24)12-17-10-29-31(13-17)25-8-22(18-2-3-18)19(9-27)11-28-25/h4-5,8,10-11,13,18,24H,2-3,6-7,12,14-15H2,1H3. The number of rotatable bonds is 5. The zero-order valence-electron chi connectivity index (χ0n) is 19.0. The molecule has 0 amide bonds. The number of hydrogen-bond acceptors (Lipinski definition) is 7. The molecule has 1 aromatic carbocycles. The van der Waals surface area contributed by atoms with Crippen LogP contribution < -0.4 is 0 Å². The molecule has 3 aliphatic rings. The van der Waals surface area contributed by atoms with Gasteiger partial charge in [-0.15, -0.1) is 0 Å². The summed E-state index contributed by atoms with van der Waals surface area (Å²) in [4.78, 5) is 18.7. The molecule has 172 valence electrons. The first-order valence-electron chi connectivity index (χ1n) is 11.7. The van der Waals surface area contributed by atoms with Crippen molar-refractivity contribution in [3.8, 4) is 11.9 Å². The van der Waals surface area contributed by atoms with E-state index in [0.717, 1.165) is 66.1 Å². The van der Waals surface area contributed by atoms with Crippen molar-refractivity contribution in [1.29, 1.82) is 5.26 Å². The van der Waals surface area contributed by atoms with E-state index in [2.05, 4.69) is 21.1 Å². The highest BCUT2D eigenvalue weighted by Crippen LogP contribution is 2.41. The van der Waals surface area contributed by atoms with E-state index in [1.54, 1.807) is 10.9 Å². The predicted octanol–water partition coefficient (Wildman–Crippen LogP) is 3.57. The van der Waals surface area contributed by atoms with Crippen LogP contribution in [0.15, 0.2) is 36.8 Å². The molecule has 1 atom stereocenters. The normalized spacial score (nSPS) is 20.1. The van der Waals surface area contributed by atoms with Crippen molar-refractivity contribution < 1.29 is 14.3 Å². The largest absolute Gasteiger partial charge is 0.457 e. The van der Waals surface area contributed by atoms with Gasteiger partial charge >= 0.3 is 5.97 Å². The van der Waals surface area contributed by atoms with Crippen LogP contribution in [-0.4, -0.2) is 45.3 Å². The number of nitriles is 1. The summed E-state index contributed by atoms with van der Waals surface area (Å²) in [5.41, 5.74) is 6.69. The maximum Gasteiger partial charge on any atom is 0.338 e. The van der Waals surface area contributed by atoms with E-state index in [4.69, 9.17) is 9.47 Å². The van der Waals surface area contributed by atoms with Crippen LogP contribution in [0.4, 0.5) is 0 Å². The van der Waals surface area contributed by atoms with Gasteiger partial charge in [0, 0.05) is 43.2 Å². The molecule has 2 aliphatic heterocycles. The number of benzene rings is 1.